The quantitative estimate of drug-likeness (QED) is 0.226. The predicted molar refractivity (Wildman–Crippen MR) is 142 cm³/mol. The van der Waals surface area contributed by atoms with Crippen molar-refractivity contribution in [3.05, 3.63) is 95.6 Å². The molecule has 1 aromatic heterocycles. The highest BCUT2D eigenvalue weighted by Crippen LogP contribution is 2.29. The fourth-order valence-corrected chi connectivity index (χ4v) is 6.48. The number of aromatic nitrogens is 2. The average molecular weight is 525 g/mol. The predicted octanol–water partition coefficient (Wildman–Crippen LogP) is 5.61. The van der Waals surface area contributed by atoms with E-state index in [1.807, 2.05) is 13.0 Å². The van der Waals surface area contributed by atoms with E-state index in [9.17, 15) is 13.2 Å². The Kier molecular flexibility index (Phi) is 7.84. The first-order chi connectivity index (χ1) is 16.9. The van der Waals surface area contributed by atoms with Gasteiger partial charge in [-0.1, -0.05) is 71.1 Å². The zero-order chi connectivity index (χ0) is 24.8. The van der Waals surface area contributed by atoms with Crippen LogP contribution < -0.4 is 9.62 Å². The van der Waals surface area contributed by atoms with Crippen molar-refractivity contribution in [3.8, 4) is 0 Å². The van der Waals surface area contributed by atoms with Crippen LogP contribution in [0, 0.1) is 6.92 Å². The van der Waals surface area contributed by atoms with E-state index >= 15 is 0 Å². The molecule has 0 aliphatic rings. The Hall–Kier alpha value is -3.21. The summed E-state index contributed by atoms with van der Waals surface area (Å²) in [6.07, 6.45) is 0. The van der Waals surface area contributed by atoms with Gasteiger partial charge in [-0.05, 0) is 55.8 Å². The third-order valence-electron chi connectivity index (χ3n) is 5.15. The molecule has 0 spiro atoms. The van der Waals surface area contributed by atoms with Crippen molar-refractivity contribution in [3.63, 3.8) is 0 Å². The number of hydrogen-bond acceptors (Lipinski definition) is 7. The monoisotopic (exact) mass is 524 g/mol. The zero-order valence-corrected chi connectivity index (χ0v) is 21.7. The molecule has 35 heavy (non-hydrogen) atoms. The van der Waals surface area contributed by atoms with E-state index in [2.05, 4.69) is 39.8 Å². The van der Waals surface area contributed by atoms with Crippen molar-refractivity contribution in [2.45, 2.75) is 28.8 Å². The maximum atomic E-state index is 13.1. The van der Waals surface area contributed by atoms with Crippen LogP contribution >= 0.6 is 23.1 Å². The molecular weight excluding hydrogens is 501 g/mol. The number of carbonyl (C=O) groups excluding carboxylic acids is 1. The number of benzene rings is 3. The first kappa shape index (κ1) is 24.9. The Morgan fingerprint density at radius 2 is 1.66 bits per heavy atom. The lowest BCUT2D eigenvalue weighted by Gasteiger charge is -2.22. The topological polar surface area (TPSA) is 92.3 Å². The Balaban J connectivity index is 1.40. The Bertz CT molecular complexity index is 1390. The third kappa shape index (κ3) is 6.08. The summed E-state index contributed by atoms with van der Waals surface area (Å²) in [6.45, 7) is 4.12. The van der Waals surface area contributed by atoms with E-state index in [1.165, 1.54) is 51.0 Å². The molecule has 1 amide bonds. The van der Waals surface area contributed by atoms with Crippen LogP contribution in [0.3, 0.4) is 0 Å². The SMILES string of the molecule is CCN(c1ccccc1)S(=O)(=O)c1ccc(C(=O)Nc2nnc(SCc3ccc(C)cc3)s2)cc1. The van der Waals surface area contributed by atoms with Crippen molar-refractivity contribution in [1.82, 2.24) is 10.2 Å². The van der Waals surface area contributed by atoms with Crippen molar-refractivity contribution < 1.29 is 13.2 Å². The highest BCUT2D eigenvalue weighted by atomic mass is 32.2. The fraction of sp³-hybridized carbons (Fsp3) is 0.160. The van der Waals surface area contributed by atoms with Gasteiger partial charge in [0, 0.05) is 17.9 Å². The van der Waals surface area contributed by atoms with E-state index in [0.717, 1.165) is 10.1 Å². The van der Waals surface area contributed by atoms with Gasteiger partial charge in [0.25, 0.3) is 15.9 Å². The molecule has 0 saturated heterocycles. The molecule has 180 valence electrons. The minimum absolute atomic E-state index is 0.116. The molecule has 7 nitrogen and oxygen atoms in total. The number of anilines is 2. The van der Waals surface area contributed by atoms with E-state index in [0.29, 0.717) is 16.4 Å². The molecule has 3 aromatic carbocycles. The molecule has 4 aromatic rings. The summed E-state index contributed by atoms with van der Waals surface area (Å²) in [6, 6.07) is 23.1. The smallest absolute Gasteiger partial charge is 0.264 e. The summed E-state index contributed by atoms with van der Waals surface area (Å²) in [5.41, 5.74) is 3.31. The van der Waals surface area contributed by atoms with Gasteiger partial charge < -0.3 is 0 Å². The second-order valence-corrected chi connectivity index (χ2v) is 11.7. The Morgan fingerprint density at radius 1 is 0.971 bits per heavy atom. The van der Waals surface area contributed by atoms with Crippen LogP contribution in [-0.2, 0) is 15.8 Å². The van der Waals surface area contributed by atoms with Crippen LogP contribution in [0.15, 0.2) is 88.1 Å². The lowest BCUT2D eigenvalue weighted by atomic mass is 10.2. The first-order valence-electron chi connectivity index (χ1n) is 10.9. The van der Waals surface area contributed by atoms with Crippen LogP contribution in [0.5, 0.6) is 0 Å². The number of thioether (sulfide) groups is 1. The number of rotatable bonds is 9. The molecule has 0 fully saturated rings. The number of nitrogens with one attached hydrogen (secondary N) is 1. The minimum Gasteiger partial charge on any atom is -0.296 e. The van der Waals surface area contributed by atoms with Crippen molar-refractivity contribution in [2.75, 3.05) is 16.2 Å². The molecule has 0 aliphatic heterocycles. The second-order valence-electron chi connectivity index (χ2n) is 7.63. The van der Waals surface area contributed by atoms with Crippen molar-refractivity contribution >= 4 is 49.8 Å². The van der Waals surface area contributed by atoms with Gasteiger partial charge in [-0.3, -0.25) is 14.4 Å². The second kappa shape index (κ2) is 11.0. The van der Waals surface area contributed by atoms with Crippen LogP contribution in [0.4, 0.5) is 10.8 Å². The maximum absolute atomic E-state index is 13.1. The molecular formula is C25H24N4O3S3. The molecule has 0 saturated carbocycles. The van der Waals surface area contributed by atoms with Crippen LogP contribution in [0.25, 0.3) is 0 Å². The first-order valence-corrected chi connectivity index (χ1v) is 14.1. The van der Waals surface area contributed by atoms with Gasteiger partial charge in [0.15, 0.2) is 4.34 Å². The van der Waals surface area contributed by atoms with Gasteiger partial charge in [0.1, 0.15) is 0 Å². The van der Waals surface area contributed by atoms with E-state index in [4.69, 9.17) is 0 Å². The highest BCUT2D eigenvalue weighted by Gasteiger charge is 2.23. The summed E-state index contributed by atoms with van der Waals surface area (Å²) in [7, 11) is -3.76. The molecule has 0 aliphatic carbocycles. The largest absolute Gasteiger partial charge is 0.296 e. The molecule has 1 heterocycles. The van der Waals surface area contributed by atoms with Gasteiger partial charge in [-0.25, -0.2) is 8.42 Å². The molecule has 1 N–H and O–H groups in total. The summed E-state index contributed by atoms with van der Waals surface area (Å²) in [4.78, 5) is 12.8. The number of sulfonamides is 1. The lowest BCUT2D eigenvalue weighted by Crippen LogP contribution is -2.30. The Labute approximate surface area is 213 Å². The standard InChI is InChI=1S/C25H24N4O3S3/c1-3-29(21-7-5-4-6-8-21)35(31,32)22-15-13-20(14-16-22)23(30)26-24-27-28-25(34-24)33-17-19-11-9-18(2)10-12-19/h4-16H,3,17H2,1-2H3,(H,26,27,30). The molecule has 10 heteroatoms. The molecule has 0 unspecified atom stereocenters. The van der Waals surface area contributed by atoms with Crippen LogP contribution in [-0.4, -0.2) is 31.1 Å². The van der Waals surface area contributed by atoms with E-state index < -0.39 is 10.0 Å². The van der Waals surface area contributed by atoms with E-state index in [-0.39, 0.29) is 17.3 Å². The number of carbonyl (C=O) groups is 1. The van der Waals surface area contributed by atoms with Gasteiger partial charge in [0.05, 0.1) is 10.6 Å². The minimum atomic E-state index is -3.76. The molecule has 0 bridgehead atoms. The highest BCUT2D eigenvalue weighted by molar-refractivity contribution is 8.00. The maximum Gasteiger partial charge on any atom is 0.264 e. The summed E-state index contributed by atoms with van der Waals surface area (Å²) in [5.74, 6) is 0.381. The number of nitrogens with zero attached hydrogens (tertiary/aromatic N) is 3. The van der Waals surface area contributed by atoms with Crippen LogP contribution in [0.1, 0.15) is 28.4 Å². The third-order valence-corrected chi connectivity index (χ3v) is 9.11. The summed E-state index contributed by atoms with van der Waals surface area (Å²) >= 11 is 2.85. The average Bonchev–Trinajstić information content (AvgIpc) is 3.32. The van der Waals surface area contributed by atoms with Crippen molar-refractivity contribution in [2.24, 2.45) is 0 Å². The summed E-state index contributed by atoms with van der Waals surface area (Å²) < 4.78 is 28.3. The Morgan fingerprint density at radius 3 is 2.31 bits per heavy atom. The van der Waals surface area contributed by atoms with Crippen molar-refractivity contribution in [1.29, 1.82) is 0 Å². The van der Waals surface area contributed by atoms with Crippen LogP contribution in [0.2, 0.25) is 0 Å². The normalized spacial score (nSPS) is 11.3. The number of para-hydroxylation sites is 1. The van der Waals surface area contributed by atoms with Gasteiger partial charge in [-0.15, -0.1) is 10.2 Å². The van der Waals surface area contributed by atoms with Gasteiger partial charge in [-0.2, -0.15) is 0 Å². The van der Waals surface area contributed by atoms with Gasteiger partial charge in [0.2, 0.25) is 5.13 Å². The fourth-order valence-electron chi connectivity index (χ4n) is 3.31. The number of amides is 1. The molecule has 4 rings (SSSR count). The molecule has 0 radical (unpaired) electrons. The number of hydrogen-bond donors (Lipinski definition) is 1. The van der Waals surface area contributed by atoms with Gasteiger partial charge >= 0.3 is 0 Å². The lowest BCUT2D eigenvalue weighted by molar-refractivity contribution is 0.102. The zero-order valence-electron chi connectivity index (χ0n) is 19.2. The summed E-state index contributed by atoms with van der Waals surface area (Å²) in [5, 5.41) is 11.3. The molecule has 0 atom stereocenters. The van der Waals surface area contributed by atoms with E-state index in [1.54, 1.807) is 43.0 Å². The number of aryl methyl sites for hydroxylation is 1.